The zero-order valence-corrected chi connectivity index (χ0v) is 9.94. The molecule has 0 bridgehead atoms. The first-order valence-corrected chi connectivity index (χ1v) is 6.87. The lowest BCUT2D eigenvalue weighted by Crippen LogP contribution is -2.18. The number of benzene rings is 2. The summed E-state index contributed by atoms with van der Waals surface area (Å²) in [5.41, 5.74) is 0.538. The van der Waals surface area contributed by atoms with E-state index in [0.717, 1.165) is 10.8 Å². The van der Waals surface area contributed by atoms with Crippen molar-refractivity contribution in [3.63, 3.8) is 0 Å². The van der Waals surface area contributed by atoms with Crippen LogP contribution < -0.4 is 4.72 Å². The Kier molecular flexibility index (Phi) is 3.31. The predicted octanol–water partition coefficient (Wildman–Crippen LogP) is 1.57. The van der Waals surface area contributed by atoms with E-state index in [1.54, 1.807) is 12.1 Å². The summed E-state index contributed by atoms with van der Waals surface area (Å²) in [6.07, 6.45) is 0. The minimum atomic E-state index is -3.48. The average Bonchev–Trinajstić information content (AvgIpc) is 2.29. The number of fused-ring (bicyclic) bond motifs is 1. The van der Waals surface area contributed by atoms with E-state index in [1.807, 2.05) is 30.3 Å². The fourth-order valence-corrected chi connectivity index (χ4v) is 2.51. The van der Waals surface area contributed by atoms with Crippen LogP contribution in [0.3, 0.4) is 0 Å². The lowest BCUT2D eigenvalue weighted by molar-refractivity contribution is 0.320. The molecule has 2 aromatic carbocycles. The molecular weight excluding hydrogens is 238 g/mol. The van der Waals surface area contributed by atoms with Gasteiger partial charge in [0.1, 0.15) is 0 Å². The van der Waals surface area contributed by atoms with Crippen LogP contribution in [0.5, 0.6) is 0 Å². The first kappa shape index (κ1) is 11.9. The molecule has 0 saturated carbocycles. The smallest absolute Gasteiger partial charge is 0.235 e. The standard InChI is InChI=1S/C12H13NO3S/c14-8-9-17(15,16)13-12-7-3-5-10-4-1-2-6-11(10)12/h1-7,13-14H,8-9H2. The molecule has 0 spiro atoms. The molecule has 4 nitrogen and oxygen atoms in total. The van der Waals surface area contributed by atoms with Gasteiger partial charge in [0.15, 0.2) is 0 Å². The number of rotatable bonds is 4. The maximum atomic E-state index is 11.6. The maximum Gasteiger partial charge on any atom is 0.235 e. The van der Waals surface area contributed by atoms with E-state index in [0.29, 0.717) is 5.69 Å². The number of sulfonamides is 1. The maximum absolute atomic E-state index is 11.6. The molecular formula is C12H13NO3S. The molecule has 0 unspecified atom stereocenters. The van der Waals surface area contributed by atoms with E-state index in [2.05, 4.69) is 4.72 Å². The summed E-state index contributed by atoms with van der Waals surface area (Å²) in [5.74, 6) is -0.295. The van der Waals surface area contributed by atoms with Crippen LogP contribution in [0.1, 0.15) is 0 Å². The van der Waals surface area contributed by atoms with Gasteiger partial charge >= 0.3 is 0 Å². The Morgan fingerprint density at radius 2 is 1.76 bits per heavy atom. The second-order valence-corrected chi connectivity index (χ2v) is 5.51. The highest BCUT2D eigenvalue weighted by Crippen LogP contribution is 2.23. The first-order valence-electron chi connectivity index (χ1n) is 5.21. The normalized spacial score (nSPS) is 11.6. The third-order valence-corrected chi connectivity index (χ3v) is 3.67. The lowest BCUT2D eigenvalue weighted by Gasteiger charge is -2.09. The van der Waals surface area contributed by atoms with Gasteiger partial charge < -0.3 is 5.11 Å². The number of aliphatic hydroxyl groups is 1. The van der Waals surface area contributed by atoms with Crippen molar-refractivity contribution in [3.8, 4) is 0 Å². The van der Waals surface area contributed by atoms with Gasteiger partial charge in [-0.2, -0.15) is 0 Å². The third-order valence-electron chi connectivity index (χ3n) is 2.42. The molecule has 90 valence electrons. The molecule has 0 amide bonds. The van der Waals surface area contributed by atoms with Crippen molar-refractivity contribution in [3.05, 3.63) is 42.5 Å². The van der Waals surface area contributed by atoms with Crippen molar-refractivity contribution in [2.24, 2.45) is 0 Å². The summed E-state index contributed by atoms with van der Waals surface area (Å²) in [7, 11) is -3.48. The predicted molar refractivity (Wildman–Crippen MR) is 68.4 cm³/mol. The highest BCUT2D eigenvalue weighted by molar-refractivity contribution is 7.92. The summed E-state index contributed by atoms with van der Waals surface area (Å²) < 4.78 is 25.6. The van der Waals surface area contributed by atoms with Crippen LogP contribution in [0, 0.1) is 0 Å². The second kappa shape index (κ2) is 4.73. The van der Waals surface area contributed by atoms with E-state index in [-0.39, 0.29) is 12.4 Å². The van der Waals surface area contributed by atoms with Gasteiger partial charge in [0.25, 0.3) is 0 Å². The zero-order valence-electron chi connectivity index (χ0n) is 9.13. The van der Waals surface area contributed by atoms with Crippen molar-refractivity contribution in [2.45, 2.75) is 0 Å². The number of hydrogen-bond acceptors (Lipinski definition) is 3. The molecule has 2 rings (SSSR count). The van der Waals surface area contributed by atoms with Gasteiger partial charge in [-0.05, 0) is 11.5 Å². The summed E-state index contributed by atoms with van der Waals surface area (Å²) in [6, 6.07) is 12.9. The van der Waals surface area contributed by atoms with Crippen LogP contribution in [0.15, 0.2) is 42.5 Å². The van der Waals surface area contributed by atoms with Crippen molar-refractivity contribution in [1.29, 1.82) is 0 Å². The minimum Gasteiger partial charge on any atom is -0.395 e. The zero-order chi connectivity index (χ0) is 12.3. The second-order valence-electron chi connectivity index (χ2n) is 3.67. The highest BCUT2D eigenvalue weighted by atomic mass is 32.2. The Hall–Kier alpha value is -1.59. The molecule has 2 N–H and O–H groups in total. The monoisotopic (exact) mass is 251 g/mol. The lowest BCUT2D eigenvalue weighted by atomic mass is 10.1. The van der Waals surface area contributed by atoms with E-state index in [9.17, 15) is 8.42 Å². The van der Waals surface area contributed by atoms with Crippen molar-refractivity contribution >= 4 is 26.5 Å². The Labute approximate surface area is 99.9 Å². The number of nitrogens with one attached hydrogen (secondary N) is 1. The molecule has 0 fully saturated rings. The van der Waals surface area contributed by atoms with Crippen LogP contribution in [-0.2, 0) is 10.0 Å². The average molecular weight is 251 g/mol. The summed E-state index contributed by atoms with van der Waals surface area (Å²) >= 11 is 0. The number of hydrogen-bond donors (Lipinski definition) is 2. The summed E-state index contributed by atoms with van der Waals surface area (Å²) in [6.45, 7) is -0.389. The van der Waals surface area contributed by atoms with Crippen molar-refractivity contribution in [2.75, 3.05) is 17.1 Å². The van der Waals surface area contributed by atoms with Gasteiger partial charge in [0.2, 0.25) is 10.0 Å². The van der Waals surface area contributed by atoms with Crippen LogP contribution in [0.2, 0.25) is 0 Å². The molecule has 17 heavy (non-hydrogen) atoms. The van der Waals surface area contributed by atoms with Gasteiger partial charge in [-0.3, -0.25) is 4.72 Å². The van der Waals surface area contributed by atoms with Crippen LogP contribution in [0.25, 0.3) is 10.8 Å². The Morgan fingerprint density at radius 1 is 1.06 bits per heavy atom. The molecule has 0 atom stereocenters. The largest absolute Gasteiger partial charge is 0.395 e. The molecule has 0 saturated heterocycles. The molecule has 2 aromatic rings. The van der Waals surface area contributed by atoms with Gasteiger partial charge in [-0.1, -0.05) is 36.4 Å². The van der Waals surface area contributed by atoms with Crippen LogP contribution in [-0.4, -0.2) is 25.9 Å². The SMILES string of the molecule is O=S(=O)(CCO)Nc1cccc2ccccc12. The molecule has 0 radical (unpaired) electrons. The van der Waals surface area contributed by atoms with E-state index in [4.69, 9.17) is 5.11 Å². The Balaban J connectivity index is 2.43. The number of anilines is 1. The first-order chi connectivity index (χ1) is 8.12. The fourth-order valence-electron chi connectivity index (χ4n) is 1.65. The van der Waals surface area contributed by atoms with E-state index < -0.39 is 10.0 Å². The van der Waals surface area contributed by atoms with Crippen LogP contribution in [0.4, 0.5) is 5.69 Å². The molecule has 0 aliphatic rings. The minimum absolute atomic E-state index is 0.295. The van der Waals surface area contributed by atoms with Gasteiger partial charge in [0.05, 0.1) is 18.0 Å². The molecule has 0 heterocycles. The van der Waals surface area contributed by atoms with Crippen LogP contribution >= 0.6 is 0 Å². The van der Waals surface area contributed by atoms with Gasteiger partial charge in [-0.25, -0.2) is 8.42 Å². The van der Waals surface area contributed by atoms with E-state index in [1.165, 1.54) is 0 Å². The highest BCUT2D eigenvalue weighted by Gasteiger charge is 2.10. The van der Waals surface area contributed by atoms with Gasteiger partial charge in [0, 0.05) is 5.39 Å². The third kappa shape index (κ3) is 2.75. The molecule has 0 aromatic heterocycles. The summed E-state index contributed by atoms with van der Waals surface area (Å²) in [4.78, 5) is 0. The quantitative estimate of drug-likeness (QED) is 0.867. The molecule has 0 aliphatic carbocycles. The Morgan fingerprint density at radius 3 is 2.53 bits per heavy atom. The molecule has 0 aliphatic heterocycles. The van der Waals surface area contributed by atoms with Crippen molar-refractivity contribution in [1.82, 2.24) is 0 Å². The topological polar surface area (TPSA) is 66.4 Å². The van der Waals surface area contributed by atoms with Gasteiger partial charge in [-0.15, -0.1) is 0 Å². The summed E-state index contributed by atoms with van der Waals surface area (Å²) in [5, 5.41) is 10.5. The number of aliphatic hydroxyl groups excluding tert-OH is 1. The van der Waals surface area contributed by atoms with Crippen molar-refractivity contribution < 1.29 is 13.5 Å². The fraction of sp³-hybridized carbons (Fsp3) is 0.167. The Bertz CT molecular complexity index is 617. The van der Waals surface area contributed by atoms with E-state index >= 15 is 0 Å². The molecule has 5 heteroatoms.